The molecule has 1 aromatic carbocycles. The molecule has 1 saturated carbocycles. The molecule has 0 radical (unpaired) electrons. The van der Waals surface area contributed by atoms with Crippen LogP contribution in [0.5, 0.6) is 5.75 Å². The van der Waals surface area contributed by atoms with Crippen LogP contribution >= 0.6 is 0 Å². The van der Waals surface area contributed by atoms with E-state index in [0.717, 1.165) is 48.0 Å². The smallest absolute Gasteiger partial charge is 0.414 e. The maximum atomic E-state index is 12.8. The van der Waals surface area contributed by atoms with E-state index in [-0.39, 0.29) is 17.8 Å². The van der Waals surface area contributed by atoms with Gasteiger partial charge in [-0.15, -0.1) is 0 Å². The van der Waals surface area contributed by atoms with Crippen molar-refractivity contribution in [3.8, 4) is 5.75 Å². The normalized spacial score (nSPS) is 21.4. The molecule has 0 bridgehead atoms. The number of ether oxygens (including phenoxy) is 2. The zero-order valence-electron chi connectivity index (χ0n) is 21.3. The first-order valence-corrected chi connectivity index (χ1v) is 12.8. The van der Waals surface area contributed by atoms with Crippen molar-refractivity contribution in [1.82, 2.24) is 14.5 Å². The van der Waals surface area contributed by atoms with Crippen molar-refractivity contribution >= 4 is 28.8 Å². The lowest BCUT2D eigenvalue weighted by molar-refractivity contribution is -0.143. The van der Waals surface area contributed by atoms with Crippen molar-refractivity contribution in [2.45, 2.75) is 70.6 Å². The summed E-state index contributed by atoms with van der Waals surface area (Å²) in [5.74, 6) is -0.605. The summed E-state index contributed by atoms with van der Waals surface area (Å²) in [7, 11) is 1.36. The molecule has 5 rings (SSSR count). The number of imidazole rings is 1. The number of rotatable bonds is 6. The highest BCUT2D eigenvalue weighted by atomic mass is 19.3. The van der Waals surface area contributed by atoms with Gasteiger partial charge in [-0.05, 0) is 62.8 Å². The number of hydrogen-bond donors (Lipinski definition) is 1. The van der Waals surface area contributed by atoms with E-state index in [1.165, 1.54) is 19.4 Å². The SMILES string of the molecule is COC(=O)N1c2ccc3c(nc(Cc4cncc(OC(F)F)c4)n3[C@@H]3CCC[C@@H](C(=O)O)C3)c2CC[C@@H]1C. The minimum atomic E-state index is -2.96. The molecule has 1 fully saturated rings. The molecular formula is C27H30F2N4O5. The number of benzene rings is 1. The molecule has 0 saturated heterocycles. The van der Waals surface area contributed by atoms with Gasteiger partial charge in [-0.3, -0.25) is 14.7 Å². The molecule has 0 spiro atoms. The number of methoxy groups -OCH3 is 1. The molecule has 0 unspecified atom stereocenters. The number of halogens is 2. The van der Waals surface area contributed by atoms with Gasteiger partial charge in [-0.25, -0.2) is 9.78 Å². The summed E-state index contributed by atoms with van der Waals surface area (Å²) in [4.78, 5) is 35.1. The van der Waals surface area contributed by atoms with Gasteiger partial charge in [0.2, 0.25) is 0 Å². The first kappa shape index (κ1) is 25.9. The molecule has 1 amide bonds. The van der Waals surface area contributed by atoms with E-state index < -0.39 is 24.6 Å². The summed E-state index contributed by atoms with van der Waals surface area (Å²) in [5, 5.41) is 9.70. The number of pyridine rings is 1. The van der Waals surface area contributed by atoms with E-state index in [2.05, 4.69) is 14.3 Å². The number of nitrogens with zero attached hydrogens (tertiary/aromatic N) is 4. The van der Waals surface area contributed by atoms with E-state index in [4.69, 9.17) is 9.72 Å². The average Bonchev–Trinajstić information content (AvgIpc) is 3.26. The predicted molar refractivity (Wildman–Crippen MR) is 135 cm³/mol. The third kappa shape index (κ3) is 4.89. The van der Waals surface area contributed by atoms with Gasteiger partial charge < -0.3 is 19.1 Å². The van der Waals surface area contributed by atoms with Crippen LogP contribution in [0.1, 0.15) is 62.0 Å². The number of aromatic nitrogens is 3. The minimum Gasteiger partial charge on any atom is -0.481 e. The van der Waals surface area contributed by atoms with E-state index in [9.17, 15) is 23.5 Å². The summed E-state index contributed by atoms with van der Waals surface area (Å²) >= 11 is 0. The van der Waals surface area contributed by atoms with Crippen molar-refractivity contribution in [2.24, 2.45) is 5.92 Å². The number of carbonyl (C=O) groups is 2. The van der Waals surface area contributed by atoms with Crippen molar-refractivity contribution in [3.63, 3.8) is 0 Å². The quantitative estimate of drug-likeness (QED) is 0.460. The second-order valence-corrected chi connectivity index (χ2v) is 10.00. The topological polar surface area (TPSA) is 107 Å². The van der Waals surface area contributed by atoms with E-state index in [1.807, 2.05) is 19.1 Å². The second-order valence-electron chi connectivity index (χ2n) is 10.00. The van der Waals surface area contributed by atoms with Crippen LogP contribution in [0.4, 0.5) is 19.3 Å². The number of carbonyl (C=O) groups excluding carboxylic acids is 1. The molecule has 3 aromatic rings. The fraction of sp³-hybridized carbons (Fsp3) is 0.481. The van der Waals surface area contributed by atoms with Gasteiger partial charge in [-0.2, -0.15) is 8.78 Å². The zero-order chi connectivity index (χ0) is 27.0. The number of alkyl halides is 2. The maximum absolute atomic E-state index is 12.8. The van der Waals surface area contributed by atoms with Crippen LogP contribution in [-0.2, 0) is 22.4 Å². The summed E-state index contributed by atoms with van der Waals surface area (Å²) in [5.41, 5.74) is 3.94. The van der Waals surface area contributed by atoms with Crippen LogP contribution in [0, 0.1) is 5.92 Å². The highest BCUT2D eigenvalue weighted by molar-refractivity contribution is 5.95. The number of anilines is 1. The molecular weight excluding hydrogens is 498 g/mol. The standard InChI is InChI=1S/C27H30F2N4O5/c1-15-6-7-20-21(32(15)27(36)37-2)8-9-22-24(20)31-23(11-16-10-19(14-30-13-16)38-26(28)29)33(22)18-5-3-4-17(12-18)25(34)35/h8-10,13-15,17-18,26H,3-7,11-12H2,1-2H3,(H,34,35)/t15-,17+,18+/m0/s1. The molecule has 1 aliphatic carbocycles. The molecule has 202 valence electrons. The Labute approximate surface area is 218 Å². The van der Waals surface area contributed by atoms with Gasteiger partial charge in [0, 0.05) is 30.3 Å². The van der Waals surface area contributed by atoms with Gasteiger partial charge in [0.1, 0.15) is 11.6 Å². The average molecular weight is 529 g/mol. The summed E-state index contributed by atoms with van der Waals surface area (Å²) in [6.07, 6.45) is 6.82. The lowest BCUT2D eigenvalue weighted by Crippen LogP contribution is -2.42. The van der Waals surface area contributed by atoms with Crippen molar-refractivity contribution in [2.75, 3.05) is 12.0 Å². The third-order valence-electron chi connectivity index (χ3n) is 7.62. The first-order valence-electron chi connectivity index (χ1n) is 12.8. The predicted octanol–water partition coefficient (Wildman–Crippen LogP) is 5.35. The summed E-state index contributed by atoms with van der Waals surface area (Å²) in [6, 6.07) is 5.22. The van der Waals surface area contributed by atoms with E-state index in [1.54, 1.807) is 11.1 Å². The number of aryl methyl sites for hydroxylation is 1. The van der Waals surface area contributed by atoms with Crippen molar-refractivity contribution in [1.29, 1.82) is 0 Å². The zero-order valence-corrected chi connectivity index (χ0v) is 21.3. The highest BCUT2D eigenvalue weighted by Gasteiger charge is 2.34. The second kappa shape index (κ2) is 10.5. The van der Waals surface area contributed by atoms with Crippen LogP contribution < -0.4 is 9.64 Å². The number of aliphatic carboxylic acids is 1. The highest BCUT2D eigenvalue weighted by Crippen LogP contribution is 2.41. The Bertz CT molecular complexity index is 1360. The maximum Gasteiger partial charge on any atom is 0.414 e. The van der Waals surface area contributed by atoms with Gasteiger partial charge in [0.05, 0.1) is 35.9 Å². The number of carboxylic acid groups (broad SMARTS) is 1. The molecule has 11 heteroatoms. The summed E-state index contributed by atoms with van der Waals surface area (Å²) < 4.78 is 37.2. The molecule has 2 aromatic heterocycles. The van der Waals surface area contributed by atoms with Crippen LogP contribution in [0.25, 0.3) is 11.0 Å². The van der Waals surface area contributed by atoms with Gasteiger partial charge in [0.25, 0.3) is 0 Å². The Morgan fingerprint density at radius 2 is 2.03 bits per heavy atom. The Morgan fingerprint density at radius 1 is 1.21 bits per heavy atom. The Morgan fingerprint density at radius 3 is 2.76 bits per heavy atom. The number of fused-ring (bicyclic) bond motifs is 3. The van der Waals surface area contributed by atoms with Crippen molar-refractivity contribution < 1.29 is 33.0 Å². The molecule has 3 atom stereocenters. The number of hydrogen-bond acceptors (Lipinski definition) is 6. The van der Waals surface area contributed by atoms with Gasteiger partial charge in [0.15, 0.2) is 0 Å². The lowest BCUT2D eigenvalue weighted by Gasteiger charge is -2.34. The van der Waals surface area contributed by atoms with Gasteiger partial charge in [-0.1, -0.05) is 6.42 Å². The lowest BCUT2D eigenvalue weighted by atomic mass is 9.85. The monoisotopic (exact) mass is 528 g/mol. The first-order chi connectivity index (χ1) is 18.3. The summed E-state index contributed by atoms with van der Waals surface area (Å²) in [6.45, 7) is -0.984. The largest absolute Gasteiger partial charge is 0.481 e. The van der Waals surface area contributed by atoms with E-state index in [0.29, 0.717) is 30.7 Å². The minimum absolute atomic E-state index is 0.0349. The van der Waals surface area contributed by atoms with Crippen LogP contribution in [0.3, 0.4) is 0 Å². The number of amides is 1. The molecule has 2 aliphatic rings. The molecule has 9 nitrogen and oxygen atoms in total. The van der Waals surface area contributed by atoms with Crippen LogP contribution in [0.15, 0.2) is 30.6 Å². The molecule has 1 aliphatic heterocycles. The van der Waals surface area contributed by atoms with Crippen LogP contribution in [-0.4, -0.2) is 51.5 Å². The Balaban J connectivity index is 1.62. The molecule has 3 heterocycles. The Hall–Kier alpha value is -3.76. The number of carboxylic acids is 1. The van der Waals surface area contributed by atoms with E-state index >= 15 is 0 Å². The third-order valence-corrected chi connectivity index (χ3v) is 7.62. The Kier molecular flexibility index (Phi) is 7.18. The molecule has 1 N–H and O–H groups in total. The van der Waals surface area contributed by atoms with Crippen molar-refractivity contribution in [3.05, 3.63) is 47.5 Å². The van der Waals surface area contributed by atoms with Gasteiger partial charge >= 0.3 is 18.7 Å². The molecule has 38 heavy (non-hydrogen) atoms. The fourth-order valence-corrected chi connectivity index (χ4v) is 5.89. The van der Waals surface area contributed by atoms with Crippen LogP contribution in [0.2, 0.25) is 0 Å². The fourth-order valence-electron chi connectivity index (χ4n) is 5.89.